The van der Waals surface area contributed by atoms with Gasteiger partial charge in [0.25, 0.3) is 0 Å². The number of imidazole rings is 1. The largest absolute Gasteiger partial charge is 0.481 e. The Morgan fingerprint density at radius 3 is 2.56 bits per heavy atom. The Balaban J connectivity index is 2.95. The van der Waals surface area contributed by atoms with Gasteiger partial charge in [-0.3, -0.25) is 9.59 Å². The van der Waals surface area contributed by atoms with E-state index in [1.54, 1.807) is 31.1 Å². The van der Waals surface area contributed by atoms with E-state index in [2.05, 4.69) is 4.98 Å². The third-order valence-corrected chi connectivity index (χ3v) is 3.09. The third-order valence-electron chi connectivity index (χ3n) is 3.09. The van der Waals surface area contributed by atoms with E-state index in [0.29, 0.717) is 12.8 Å². The second kappa shape index (κ2) is 6.18. The highest BCUT2D eigenvalue weighted by Gasteiger charge is 2.33. The monoisotopic (exact) mass is 254 g/mol. The van der Waals surface area contributed by atoms with Crippen LogP contribution < -0.4 is 0 Å². The number of methoxy groups -OCH3 is 1. The molecule has 6 nitrogen and oxygen atoms in total. The molecule has 2 atom stereocenters. The molecule has 0 bridgehead atoms. The van der Waals surface area contributed by atoms with Crippen LogP contribution in [0.3, 0.4) is 0 Å². The van der Waals surface area contributed by atoms with Gasteiger partial charge >= 0.3 is 11.9 Å². The van der Waals surface area contributed by atoms with Crippen LogP contribution in [0.1, 0.15) is 19.0 Å². The molecule has 0 aliphatic heterocycles. The molecule has 0 aromatic carbocycles. The van der Waals surface area contributed by atoms with Gasteiger partial charge in [0.15, 0.2) is 0 Å². The maximum Gasteiger partial charge on any atom is 0.309 e. The Labute approximate surface area is 106 Å². The number of carboxylic acids is 1. The number of hydrogen-bond donors (Lipinski definition) is 1. The van der Waals surface area contributed by atoms with E-state index >= 15 is 0 Å². The Hall–Kier alpha value is -1.85. The molecule has 0 radical (unpaired) electrons. The Kier molecular flexibility index (Phi) is 4.88. The minimum atomic E-state index is -0.977. The molecule has 1 heterocycles. The van der Waals surface area contributed by atoms with E-state index in [9.17, 15) is 9.59 Å². The number of ether oxygens (including phenoxy) is 1. The molecule has 18 heavy (non-hydrogen) atoms. The molecule has 0 aliphatic carbocycles. The maximum atomic E-state index is 11.7. The summed E-state index contributed by atoms with van der Waals surface area (Å²) in [6.45, 7) is 1.75. The zero-order valence-electron chi connectivity index (χ0n) is 10.8. The van der Waals surface area contributed by atoms with Gasteiger partial charge in [0.1, 0.15) is 0 Å². The first-order chi connectivity index (χ1) is 8.51. The number of rotatable bonds is 6. The van der Waals surface area contributed by atoms with Gasteiger partial charge in [0, 0.05) is 25.4 Å². The zero-order chi connectivity index (χ0) is 13.7. The maximum absolute atomic E-state index is 11.7. The molecule has 1 N–H and O–H groups in total. The fourth-order valence-corrected chi connectivity index (χ4v) is 1.98. The van der Waals surface area contributed by atoms with Gasteiger partial charge in [0.05, 0.1) is 25.3 Å². The molecule has 1 aromatic rings. The molecule has 100 valence electrons. The molecule has 0 saturated carbocycles. The molecule has 0 unspecified atom stereocenters. The number of carbonyl (C=O) groups excluding carboxylic acids is 1. The van der Waals surface area contributed by atoms with Gasteiger partial charge in [-0.1, -0.05) is 6.92 Å². The fourth-order valence-electron chi connectivity index (χ4n) is 1.98. The van der Waals surface area contributed by atoms with Crippen molar-refractivity contribution in [1.29, 1.82) is 0 Å². The molecular formula is C12H18N2O4. The summed E-state index contributed by atoms with van der Waals surface area (Å²) >= 11 is 0. The van der Waals surface area contributed by atoms with Crippen LogP contribution in [-0.4, -0.2) is 33.7 Å². The lowest BCUT2D eigenvalue weighted by Gasteiger charge is -2.20. The molecule has 0 saturated heterocycles. The van der Waals surface area contributed by atoms with Crippen molar-refractivity contribution in [2.75, 3.05) is 7.11 Å². The summed E-state index contributed by atoms with van der Waals surface area (Å²) in [5, 5.41) is 9.16. The standard InChI is InChI=1S/C12H18N2O4/c1-4-9(11(15)16)10(12(17)18-3)5-8-6-13-7-14(8)2/h6-7,9-10H,4-5H2,1-3H3,(H,15,16)/t9-,10+/m0/s1. The first-order valence-corrected chi connectivity index (χ1v) is 5.77. The topological polar surface area (TPSA) is 81.4 Å². The van der Waals surface area contributed by atoms with Crippen molar-refractivity contribution < 1.29 is 19.4 Å². The Morgan fingerprint density at radius 1 is 1.50 bits per heavy atom. The van der Waals surface area contributed by atoms with Gasteiger partial charge in [-0.15, -0.1) is 0 Å². The van der Waals surface area contributed by atoms with Crippen LogP contribution in [-0.2, 0) is 27.8 Å². The third kappa shape index (κ3) is 3.09. The predicted octanol–water partition coefficient (Wildman–Crippen LogP) is 0.863. The van der Waals surface area contributed by atoms with E-state index < -0.39 is 23.8 Å². The predicted molar refractivity (Wildman–Crippen MR) is 63.8 cm³/mol. The van der Waals surface area contributed by atoms with E-state index in [0.717, 1.165) is 5.69 Å². The van der Waals surface area contributed by atoms with Crippen molar-refractivity contribution in [3.05, 3.63) is 18.2 Å². The SMILES string of the molecule is CC[C@H](C(=O)O)[C@@H](Cc1cncn1C)C(=O)OC. The minimum absolute atomic E-state index is 0.313. The second-order valence-electron chi connectivity index (χ2n) is 4.18. The van der Waals surface area contributed by atoms with E-state index in [1.807, 2.05) is 0 Å². The molecule has 0 aliphatic rings. The Bertz CT molecular complexity index is 427. The minimum Gasteiger partial charge on any atom is -0.481 e. The van der Waals surface area contributed by atoms with E-state index in [-0.39, 0.29) is 0 Å². The normalized spacial score (nSPS) is 13.9. The van der Waals surface area contributed by atoms with Crippen LogP contribution in [0.4, 0.5) is 0 Å². The molecule has 0 amide bonds. The number of carboxylic acid groups (broad SMARTS) is 1. The average molecular weight is 254 g/mol. The highest BCUT2D eigenvalue weighted by Crippen LogP contribution is 2.22. The molecule has 1 rings (SSSR count). The number of hydrogen-bond acceptors (Lipinski definition) is 4. The van der Waals surface area contributed by atoms with Crippen molar-refractivity contribution in [3.8, 4) is 0 Å². The molecule has 0 fully saturated rings. The van der Waals surface area contributed by atoms with Crippen molar-refractivity contribution in [3.63, 3.8) is 0 Å². The molecular weight excluding hydrogens is 236 g/mol. The zero-order valence-corrected chi connectivity index (χ0v) is 10.8. The van der Waals surface area contributed by atoms with Gasteiger partial charge in [-0.25, -0.2) is 4.98 Å². The number of nitrogens with zero attached hydrogens (tertiary/aromatic N) is 2. The van der Waals surface area contributed by atoms with E-state index in [1.165, 1.54) is 7.11 Å². The summed E-state index contributed by atoms with van der Waals surface area (Å²) in [4.78, 5) is 26.9. The van der Waals surface area contributed by atoms with Gasteiger partial charge in [0.2, 0.25) is 0 Å². The summed E-state index contributed by atoms with van der Waals surface area (Å²) in [7, 11) is 3.07. The fraction of sp³-hybridized carbons (Fsp3) is 0.583. The molecule has 0 spiro atoms. The number of carbonyl (C=O) groups is 2. The van der Waals surface area contributed by atoms with Gasteiger partial charge < -0.3 is 14.4 Å². The number of aromatic nitrogens is 2. The number of esters is 1. The average Bonchev–Trinajstić information content (AvgIpc) is 2.73. The van der Waals surface area contributed by atoms with Crippen LogP contribution in [0.15, 0.2) is 12.5 Å². The van der Waals surface area contributed by atoms with Crippen LogP contribution in [0, 0.1) is 11.8 Å². The Morgan fingerprint density at radius 2 is 2.17 bits per heavy atom. The van der Waals surface area contributed by atoms with Crippen LogP contribution >= 0.6 is 0 Å². The lowest BCUT2D eigenvalue weighted by atomic mass is 9.86. The summed E-state index contributed by atoms with van der Waals surface area (Å²) in [5.41, 5.74) is 0.810. The number of aryl methyl sites for hydroxylation is 1. The summed E-state index contributed by atoms with van der Waals surface area (Å²) in [6, 6.07) is 0. The van der Waals surface area contributed by atoms with Crippen LogP contribution in [0.25, 0.3) is 0 Å². The van der Waals surface area contributed by atoms with Crippen molar-refractivity contribution in [2.45, 2.75) is 19.8 Å². The highest BCUT2D eigenvalue weighted by atomic mass is 16.5. The quantitative estimate of drug-likeness (QED) is 0.761. The first kappa shape index (κ1) is 14.2. The van der Waals surface area contributed by atoms with Crippen LogP contribution in [0.5, 0.6) is 0 Å². The van der Waals surface area contributed by atoms with Gasteiger partial charge in [-0.2, -0.15) is 0 Å². The summed E-state index contributed by atoms with van der Waals surface area (Å²) in [6.07, 6.45) is 3.94. The van der Waals surface area contributed by atoms with Crippen molar-refractivity contribution >= 4 is 11.9 Å². The number of aliphatic carboxylic acids is 1. The summed E-state index contributed by atoms with van der Waals surface area (Å²) in [5.74, 6) is -2.90. The van der Waals surface area contributed by atoms with Crippen LogP contribution in [0.2, 0.25) is 0 Å². The van der Waals surface area contributed by atoms with Gasteiger partial charge in [-0.05, 0) is 6.42 Å². The smallest absolute Gasteiger partial charge is 0.309 e. The molecule has 1 aromatic heterocycles. The highest BCUT2D eigenvalue weighted by molar-refractivity contribution is 5.81. The van der Waals surface area contributed by atoms with Crippen molar-refractivity contribution in [1.82, 2.24) is 9.55 Å². The molecule has 6 heteroatoms. The van der Waals surface area contributed by atoms with E-state index in [4.69, 9.17) is 9.84 Å². The second-order valence-corrected chi connectivity index (χ2v) is 4.18. The first-order valence-electron chi connectivity index (χ1n) is 5.77. The van der Waals surface area contributed by atoms with Crippen molar-refractivity contribution in [2.24, 2.45) is 18.9 Å². The lowest BCUT2D eigenvalue weighted by molar-refractivity contribution is -0.156. The lowest BCUT2D eigenvalue weighted by Crippen LogP contribution is -2.32. The summed E-state index contributed by atoms with van der Waals surface area (Å²) < 4.78 is 6.47.